The Hall–Kier alpha value is -2.73. The van der Waals surface area contributed by atoms with Gasteiger partial charge < -0.3 is 19.5 Å². The van der Waals surface area contributed by atoms with Crippen LogP contribution in [0.4, 0.5) is 4.39 Å². The molecule has 1 aromatic carbocycles. The molecule has 0 bridgehead atoms. The quantitative estimate of drug-likeness (QED) is 0.398. The van der Waals surface area contributed by atoms with Crippen LogP contribution in [0, 0.1) is 28.6 Å². The number of fused-ring (bicyclic) bond motifs is 5. The number of carbonyl (C=O) groups is 3. The first-order valence-corrected chi connectivity index (χ1v) is 14.7. The van der Waals surface area contributed by atoms with E-state index in [0.717, 1.165) is 12.1 Å². The maximum absolute atomic E-state index is 17.3. The molecule has 0 unspecified atom stereocenters. The van der Waals surface area contributed by atoms with Crippen molar-refractivity contribution in [3.63, 3.8) is 0 Å². The Morgan fingerprint density at radius 2 is 1.93 bits per heavy atom. The minimum Gasteiger partial charge on any atom is -0.744 e. The van der Waals surface area contributed by atoms with Crippen LogP contribution in [0.3, 0.4) is 0 Å². The smallest absolute Gasteiger partial charge is 0.338 e. The average molecular weight is 576 g/mol. The van der Waals surface area contributed by atoms with E-state index in [4.69, 9.17) is 4.74 Å². The fourth-order valence-corrected chi connectivity index (χ4v) is 8.76. The minimum absolute atomic E-state index is 0.223. The third-order valence-corrected chi connectivity index (χ3v) is 11.2. The number of esters is 1. The van der Waals surface area contributed by atoms with Gasteiger partial charge in [0.05, 0.1) is 16.6 Å². The van der Waals surface area contributed by atoms with E-state index < -0.39 is 79.3 Å². The molecule has 4 aliphatic carbocycles. The van der Waals surface area contributed by atoms with Gasteiger partial charge in [0.25, 0.3) is 0 Å². The summed E-state index contributed by atoms with van der Waals surface area (Å²) in [5.41, 5.74) is -6.24. The summed E-state index contributed by atoms with van der Waals surface area (Å²) in [5.74, 6) is -3.93. The molecule has 0 heterocycles. The van der Waals surface area contributed by atoms with E-state index >= 15 is 4.39 Å². The van der Waals surface area contributed by atoms with Gasteiger partial charge >= 0.3 is 5.97 Å². The number of carbonyl (C=O) groups excluding carboxylic acids is 3. The Balaban J connectivity index is 1.41. The average Bonchev–Trinajstić information content (AvgIpc) is 3.09. The van der Waals surface area contributed by atoms with Crippen LogP contribution in [0.25, 0.3) is 0 Å². The van der Waals surface area contributed by atoms with Crippen molar-refractivity contribution in [2.45, 2.75) is 68.7 Å². The highest BCUT2D eigenvalue weighted by molar-refractivity contribution is 7.85. The van der Waals surface area contributed by atoms with Gasteiger partial charge in [-0.05, 0) is 74.8 Å². The Labute approximate surface area is 231 Å². The molecule has 0 aromatic heterocycles. The number of ether oxygens (including phenoxy) is 1. The van der Waals surface area contributed by atoms with Crippen LogP contribution in [-0.2, 0) is 24.4 Å². The number of benzene rings is 1. The van der Waals surface area contributed by atoms with E-state index in [-0.39, 0.29) is 17.8 Å². The van der Waals surface area contributed by atoms with E-state index in [1.54, 1.807) is 20.8 Å². The molecule has 11 heteroatoms. The van der Waals surface area contributed by atoms with Crippen molar-refractivity contribution < 1.29 is 46.7 Å². The Kier molecular flexibility index (Phi) is 6.58. The van der Waals surface area contributed by atoms with Gasteiger partial charge in [0.15, 0.2) is 18.1 Å². The largest absolute Gasteiger partial charge is 0.744 e. The van der Waals surface area contributed by atoms with E-state index in [1.807, 2.05) is 0 Å². The van der Waals surface area contributed by atoms with Crippen molar-refractivity contribution in [1.82, 2.24) is 0 Å². The maximum Gasteiger partial charge on any atom is 0.338 e. The van der Waals surface area contributed by atoms with Crippen molar-refractivity contribution in [2.24, 2.45) is 28.6 Å². The van der Waals surface area contributed by atoms with Gasteiger partial charge in [-0.25, -0.2) is 17.6 Å². The monoisotopic (exact) mass is 575 g/mol. The van der Waals surface area contributed by atoms with Gasteiger partial charge in [0, 0.05) is 16.7 Å². The number of alkyl halides is 1. The highest BCUT2D eigenvalue weighted by Crippen LogP contribution is 2.70. The number of Topliss-reactive ketones (excluding diaryl/α,β-unsaturated/α-hetero) is 1. The van der Waals surface area contributed by atoms with Crippen LogP contribution >= 0.6 is 0 Å². The van der Waals surface area contributed by atoms with Crippen LogP contribution in [0.15, 0.2) is 53.0 Å². The Bertz CT molecular complexity index is 1470. The first-order valence-electron chi connectivity index (χ1n) is 13.3. The second-order valence-corrected chi connectivity index (χ2v) is 13.5. The van der Waals surface area contributed by atoms with Gasteiger partial charge in [0.2, 0.25) is 5.78 Å². The molecule has 2 N–H and O–H groups in total. The van der Waals surface area contributed by atoms with E-state index in [0.29, 0.717) is 24.8 Å². The second-order valence-electron chi connectivity index (χ2n) is 12.1. The van der Waals surface area contributed by atoms with Crippen LogP contribution in [0.5, 0.6) is 0 Å². The summed E-state index contributed by atoms with van der Waals surface area (Å²) in [6.07, 6.45) is 3.60. The molecule has 3 fully saturated rings. The molecule has 0 amide bonds. The molecule has 5 rings (SSSR count). The summed E-state index contributed by atoms with van der Waals surface area (Å²) in [6.45, 7) is 4.18. The number of rotatable bonds is 5. The molecule has 0 radical (unpaired) electrons. The summed E-state index contributed by atoms with van der Waals surface area (Å²) < 4.78 is 56.3. The number of hydrogen-bond donors (Lipinski definition) is 2. The molecule has 4 aliphatic rings. The predicted octanol–water partition coefficient (Wildman–Crippen LogP) is 2.66. The Morgan fingerprint density at radius 3 is 2.60 bits per heavy atom. The third-order valence-electron chi connectivity index (χ3n) is 10.3. The molecular formula is C29H32FO9S-. The number of ketones is 2. The number of aliphatic hydroxyl groups is 2. The molecule has 3 saturated carbocycles. The highest BCUT2D eigenvalue weighted by atomic mass is 32.2. The minimum atomic E-state index is -4.82. The van der Waals surface area contributed by atoms with Crippen LogP contribution in [0.1, 0.15) is 56.8 Å². The van der Waals surface area contributed by atoms with Crippen molar-refractivity contribution >= 4 is 27.7 Å². The van der Waals surface area contributed by atoms with Gasteiger partial charge in [0.1, 0.15) is 15.7 Å². The molecule has 1 aromatic rings. The zero-order valence-corrected chi connectivity index (χ0v) is 23.2. The zero-order chi connectivity index (χ0) is 29.5. The summed E-state index contributed by atoms with van der Waals surface area (Å²) >= 11 is 0. The molecule has 216 valence electrons. The Morgan fingerprint density at radius 1 is 1.23 bits per heavy atom. The van der Waals surface area contributed by atoms with Crippen LogP contribution in [-0.4, -0.2) is 64.7 Å². The van der Waals surface area contributed by atoms with Crippen LogP contribution in [0.2, 0.25) is 0 Å². The fraction of sp³-hybridized carbons (Fsp3) is 0.552. The SMILES string of the molecule is C[C@H]1C[C@@H]2[C@H]3CCC4=CC(=O)C=C[C@@]4(C)[C@]3(F)[C@H](O)C[C@@]2(C)[C@]1(O)C(=O)COC(=O)c1cccc(S(=O)(=O)[O-])c1. The predicted molar refractivity (Wildman–Crippen MR) is 138 cm³/mol. The van der Waals surface area contributed by atoms with E-state index in [9.17, 15) is 37.6 Å². The lowest BCUT2D eigenvalue weighted by molar-refractivity contribution is -0.219. The lowest BCUT2D eigenvalue weighted by atomic mass is 9.44. The number of aliphatic hydroxyl groups excluding tert-OH is 1. The number of allylic oxidation sites excluding steroid dienone is 4. The molecule has 8 atom stereocenters. The third kappa shape index (κ3) is 3.81. The first kappa shape index (κ1) is 28.8. The standard InChI is InChI=1S/C29H33FO9S/c1-16-11-22-21-8-7-18-13-19(31)9-10-26(18,2)28(21,30)23(32)14-27(22,3)29(16,35)24(33)15-39-25(34)17-5-4-6-20(12-17)40(36,37)38/h4-6,9-10,12-13,16,21-23,32,35H,7-8,11,14-15H2,1-3H3,(H,36,37,38)/p-1/t16-,21+,22+,23+,26+,27+,28+,29+/m0/s1. The summed E-state index contributed by atoms with van der Waals surface area (Å²) in [4.78, 5) is 37.5. The summed E-state index contributed by atoms with van der Waals surface area (Å²) in [5, 5.41) is 23.4. The number of halogens is 1. The zero-order valence-electron chi connectivity index (χ0n) is 22.4. The van der Waals surface area contributed by atoms with E-state index in [2.05, 4.69) is 0 Å². The number of hydrogen-bond acceptors (Lipinski definition) is 9. The van der Waals surface area contributed by atoms with Crippen molar-refractivity contribution in [2.75, 3.05) is 6.61 Å². The molecule has 0 saturated heterocycles. The topological polar surface area (TPSA) is 158 Å². The molecule has 9 nitrogen and oxygen atoms in total. The fourth-order valence-electron chi connectivity index (χ4n) is 8.24. The molecule has 0 aliphatic heterocycles. The summed E-state index contributed by atoms with van der Waals surface area (Å²) in [7, 11) is -4.82. The van der Waals surface area contributed by atoms with Crippen molar-refractivity contribution in [1.29, 1.82) is 0 Å². The van der Waals surface area contributed by atoms with Gasteiger partial charge in [-0.1, -0.05) is 31.6 Å². The van der Waals surface area contributed by atoms with Gasteiger partial charge in [-0.2, -0.15) is 0 Å². The molecule has 40 heavy (non-hydrogen) atoms. The lowest BCUT2D eigenvalue weighted by Gasteiger charge is -2.62. The van der Waals surface area contributed by atoms with E-state index in [1.165, 1.54) is 30.4 Å². The first-order chi connectivity index (χ1) is 18.5. The maximum atomic E-state index is 17.3. The normalized spacial score (nSPS) is 40.5. The van der Waals surface area contributed by atoms with Crippen molar-refractivity contribution in [3.05, 3.63) is 53.6 Å². The molecule has 0 spiro atoms. The van der Waals surface area contributed by atoms with Gasteiger partial charge in [-0.3, -0.25) is 9.59 Å². The highest BCUT2D eigenvalue weighted by Gasteiger charge is 2.75. The lowest BCUT2D eigenvalue weighted by Crippen LogP contribution is -2.69. The summed E-state index contributed by atoms with van der Waals surface area (Å²) in [6, 6.07) is 4.29. The molecular weight excluding hydrogens is 543 g/mol. The van der Waals surface area contributed by atoms with Crippen molar-refractivity contribution in [3.8, 4) is 0 Å². The second kappa shape index (κ2) is 9.14. The van der Waals surface area contributed by atoms with Crippen LogP contribution < -0.4 is 0 Å². The van der Waals surface area contributed by atoms with Gasteiger partial charge in [-0.15, -0.1) is 0 Å².